The van der Waals surface area contributed by atoms with Gasteiger partial charge < -0.3 is 0 Å². The average molecular weight is 674 g/mol. The first kappa shape index (κ1) is 32.5. The fraction of sp³-hybridized carbons (Fsp3) is 0.0889. The Kier molecular flexibility index (Phi) is 8.67. The van der Waals surface area contributed by atoms with Crippen LogP contribution in [-0.4, -0.2) is 34.9 Å². The lowest BCUT2D eigenvalue weighted by Gasteiger charge is -2.11. The lowest BCUT2D eigenvalue weighted by molar-refractivity contribution is 1.06. The van der Waals surface area contributed by atoms with Gasteiger partial charge in [0, 0.05) is 50.6 Å². The van der Waals surface area contributed by atoms with Crippen molar-refractivity contribution in [1.82, 2.24) is 34.9 Å². The third-order valence-electron chi connectivity index (χ3n) is 8.83. The molecular weight excluding hydrogens is 639 g/mol. The van der Waals surface area contributed by atoms with E-state index in [1.165, 1.54) is 0 Å². The van der Waals surface area contributed by atoms with E-state index in [9.17, 15) is 0 Å². The van der Waals surface area contributed by atoms with E-state index in [-0.39, 0.29) is 0 Å². The van der Waals surface area contributed by atoms with Gasteiger partial charge in [0.1, 0.15) is 0 Å². The van der Waals surface area contributed by atoms with E-state index in [2.05, 4.69) is 92.7 Å². The van der Waals surface area contributed by atoms with Crippen molar-refractivity contribution >= 4 is 0 Å². The Morgan fingerprint density at radius 2 is 0.519 bits per heavy atom. The Hall–Kier alpha value is -6.73. The van der Waals surface area contributed by atoms with Gasteiger partial charge in [-0.2, -0.15) is 0 Å². The largest absolute Gasteiger partial charge is 0.233 e. The summed E-state index contributed by atoms with van der Waals surface area (Å²) in [4.78, 5) is 33.5. The molecule has 0 unspecified atom stereocenters. The van der Waals surface area contributed by atoms with Crippen molar-refractivity contribution in [2.75, 3.05) is 0 Å². The van der Waals surface area contributed by atoms with Crippen LogP contribution in [0, 0.1) is 27.7 Å². The van der Waals surface area contributed by atoms with Gasteiger partial charge in [0.2, 0.25) is 0 Å². The first-order valence-electron chi connectivity index (χ1n) is 17.2. The van der Waals surface area contributed by atoms with Crippen LogP contribution in [0.4, 0.5) is 0 Å². The molecule has 0 radical (unpaired) electrons. The minimum Gasteiger partial charge on any atom is -0.233 e. The van der Waals surface area contributed by atoms with Crippen LogP contribution in [0.25, 0.3) is 79.2 Å². The van der Waals surface area contributed by atoms with Crippen LogP contribution in [0.1, 0.15) is 22.8 Å². The van der Waals surface area contributed by atoms with Gasteiger partial charge in [-0.05, 0) is 74.2 Å². The second-order valence-corrected chi connectivity index (χ2v) is 12.9. The second-order valence-electron chi connectivity index (χ2n) is 12.9. The Morgan fingerprint density at radius 1 is 0.231 bits per heavy atom. The van der Waals surface area contributed by atoms with Crippen molar-refractivity contribution in [2.24, 2.45) is 0 Å². The van der Waals surface area contributed by atoms with Gasteiger partial charge in [-0.15, -0.1) is 0 Å². The average Bonchev–Trinajstić information content (AvgIpc) is 3.17. The molecule has 0 aliphatic heterocycles. The molecule has 3 aromatic heterocycles. The molecule has 0 bridgehead atoms. The minimum atomic E-state index is 0.606. The summed E-state index contributed by atoms with van der Waals surface area (Å²) < 4.78 is 0. The molecule has 0 aliphatic carbocycles. The molecule has 0 saturated heterocycles. The number of hydrogen-bond donors (Lipinski definition) is 0. The summed E-state index contributed by atoms with van der Waals surface area (Å²) in [5.41, 5.74) is 12.8. The highest BCUT2D eigenvalue weighted by Gasteiger charge is 2.14. The number of nitrogens with zero attached hydrogens (tertiary/aromatic N) is 7. The lowest BCUT2D eigenvalue weighted by atomic mass is 10.0. The summed E-state index contributed by atoms with van der Waals surface area (Å²) in [5.74, 6) is 3.30. The zero-order chi connectivity index (χ0) is 35.6. The highest BCUT2D eigenvalue weighted by Crippen LogP contribution is 2.31. The van der Waals surface area contributed by atoms with Crippen molar-refractivity contribution < 1.29 is 0 Å². The molecule has 5 aromatic carbocycles. The van der Waals surface area contributed by atoms with E-state index < -0.39 is 0 Å². The lowest BCUT2D eigenvalue weighted by Crippen LogP contribution is -2.00. The highest BCUT2D eigenvalue weighted by molar-refractivity contribution is 5.76. The van der Waals surface area contributed by atoms with Crippen molar-refractivity contribution in [1.29, 1.82) is 0 Å². The maximum absolute atomic E-state index is 5.05. The predicted molar refractivity (Wildman–Crippen MR) is 208 cm³/mol. The van der Waals surface area contributed by atoms with Crippen LogP contribution in [-0.2, 0) is 0 Å². The molecule has 0 fully saturated rings. The molecule has 52 heavy (non-hydrogen) atoms. The van der Waals surface area contributed by atoms with Crippen LogP contribution < -0.4 is 0 Å². The van der Waals surface area contributed by atoms with Gasteiger partial charge in [0.25, 0.3) is 0 Å². The van der Waals surface area contributed by atoms with E-state index in [4.69, 9.17) is 15.0 Å². The number of aromatic nitrogens is 7. The van der Waals surface area contributed by atoms with Crippen molar-refractivity contribution in [3.8, 4) is 79.2 Å². The monoisotopic (exact) mass is 673 g/mol. The highest BCUT2D eigenvalue weighted by atomic mass is 15.0. The van der Waals surface area contributed by atoms with Crippen molar-refractivity contribution in [3.63, 3.8) is 0 Å². The summed E-state index contributed by atoms with van der Waals surface area (Å²) >= 11 is 0. The van der Waals surface area contributed by atoms with Crippen LogP contribution >= 0.6 is 0 Å². The topological polar surface area (TPSA) is 90.2 Å². The van der Waals surface area contributed by atoms with Crippen LogP contribution in [0.2, 0.25) is 0 Å². The van der Waals surface area contributed by atoms with Gasteiger partial charge in [0.05, 0.1) is 0 Å². The third kappa shape index (κ3) is 6.98. The minimum absolute atomic E-state index is 0.606. The van der Waals surface area contributed by atoms with E-state index in [1.807, 2.05) is 94.4 Å². The summed E-state index contributed by atoms with van der Waals surface area (Å²) in [7, 11) is 0. The molecule has 0 amide bonds. The fourth-order valence-corrected chi connectivity index (χ4v) is 6.36. The standard InChI is InChI=1S/C45H35N7/c1-28-24-29(2)47-41(46-28)35-20-16-32(17-21-35)37-12-8-14-39(26-37)44-50-43(34-10-6-5-7-11-34)51-45(52-44)40-15-9-13-38(27-40)33-18-22-36(23-19-33)42-48-30(3)25-31(4)49-42/h5-27H,1-4H3. The Balaban J connectivity index is 1.14. The van der Waals surface area contributed by atoms with Gasteiger partial charge in [-0.1, -0.05) is 115 Å². The zero-order valence-electron chi connectivity index (χ0n) is 29.4. The first-order valence-corrected chi connectivity index (χ1v) is 17.2. The van der Waals surface area contributed by atoms with Gasteiger partial charge in [-0.3, -0.25) is 0 Å². The predicted octanol–water partition coefficient (Wildman–Crippen LogP) is 10.4. The van der Waals surface area contributed by atoms with Gasteiger partial charge in [-0.25, -0.2) is 34.9 Å². The molecular formula is C45H35N7. The van der Waals surface area contributed by atoms with Crippen LogP contribution in [0.3, 0.4) is 0 Å². The van der Waals surface area contributed by atoms with Gasteiger partial charge >= 0.3 is 0 Å². The number of rotatable bonds is 7. The zero-order valence-corrected chi connectivity index (χ0v) is 29.4. The number of hydrogen-bond acceptors (Lipinski definition) is 7. The molecule has 0 N–H and O–H groups in total. The molecule has 3 heterocycles. The summed E-state index contributed by atoms with van der Waals surface area (Å²) in [6.07, 6.45) is 0. The molecule has 0 atom stereocenters. The Morgan fingerprint density at radius 3 is 0.923 bits per heavy atom. The van der Waals surface area contributed by atoms with Crippen LogP contribution in [0.15, 0.2) is 140 Å². The van der Waals surface area contributed by atoms with E-state index in [0.717, 1.165) is 84.5 Å². The van der Waals surface area contributed by atoms with E-state index >= 15 is 0 Å². The first-order chi connectivity index (χ1) is 25.3. The third-order valence-corrected chi connectivity index (χ3v) is 8.83. The molecule has 250 valence electrons. The summed E-state index contributed by atoms with van der Waals surface area (Å²) in [5, 5.41) is 0. The Bertz CT molecular complexity index is 2350. The maximum atomic E-state index is 5.05. The van der Waals surface area contributed by atoms with E-state index in [0.29, 0.717) is 17.5 Å². The quantitative estimate of drug-likeness (QED) is 0.166. The van der Waals surface area contributed by atoms with E-state index in [1.54, 1.807) is 0 Å². The molecule has 7 heteroatoms. The maximum Gasteiger partial charge on any atom is 0.164 e. The summed E-state index contributed by atoms with van der Waals surface area (Å²) in [6.45, 7) is 7.97. The smallest absolute Gasteiger partial charge is 0.164 e. The number of benzene rings is 5. The molecule has 8 aromatic rings. The SMILES string of the molecule is Cc1cc(C)nc(-c2ccc(-c3cccc(-c4nc(-c5ccccc5)nc(-c5cccc(-c6ccc(-c7nc(C)cc(C)n7)cc6)c5)n4)c3)cc2)n1. The second kappa shape index (κ2) is 13.9. The fourth-order valence-electron chi connectivity index (χ4n) is 6.36. The summed E-state index contributed by atoms with van der Waals surface area (Å²) in [6, 6.07) is 47.4. The molecule has 7 nitrogen and oxygen atoms in total. The van der Waals surface area contributed by atoms with Crippen molar-refractivity contribution in [3.05, 3.63) is 162 Å². The number of aryl methyl sites for hydroxylation is 4. The molecule has 8 rings (SSSR count). The molecule has 0 saturated carbocycles. The molecule has 0 spiro atoms. The van der Waals surface area contributed by atoms with Gasteiger partial charge in [0.15, 0.2) is 29.1 Å². The normalized spacial score (nSPS) is 11.1. The molecule has 0 aliphatic rings. The van der Waals surface area contributed by atoms with Crippen LogP contribution in [0.5, 0.6) is 0 Å². The Labute approximate surface area is 303 Å². The van der Waals surface area contributed by atoms with Crippen molar-refractivity contribution in [2.45, 2.75) is 27.7 Å².